The summed E-state index contributed by atoms with van der Waals surface area (Å²) in [6, 6.07) is 0. The van der Waals surface area contributed by atoms with Gasteiger partial charge >= 0.3 is 11.9 Å². The van der Waals surface area contributed by atoms with Crippen LogP contribution in [0, 0.1) is 0 Å². The van der Waals surface area contributed by atoms with Crippen LogP contribution in [0.25, 0.3) is 0 Å². The van der Waals surface area contributed by atoms with Gasteiger partial charge in [-0.2, -0.15) is 0 Å². The molecule has 0 spiro atoms. The first kappa shape index (κ1) is 36.5. The molecular weight excluding hydrogens is 504 g/mol. The summed E-state index contributed by atoms with van der Waals surface area (Å²) in [6.45, 7) is 4.18. The average Bonchev–Trinajstić information content (AvgIpc) is 2.95. The topological polar surface area (TPSA) is 82.1 Å². The van der Waals surface area contributed by atoms with Gasteiger partial charge in [-0.25, -0.2) is 0 Å². The van der Waals surface area contributed by atoms with Gasteiger partial charge in [0.15, 0.2) is 18.3 Å². The normalized spacial score (nSPS) is 18.4. The number of carbonyl (C=O) groups is 2. The molecule has 0 bridgehead atoms. The molecule has 6 heteroatoms. The van der Waals surface area contributed by atoms with Crippen LogP contribution in [0.5, 0.6) is 0 Å². The molecular formula is C34H62O6. The van der Waals surface area contributed by atoms with Crippen molar-refractivity contribution in [2.75, 3.05) is 6.61 Å². The van der Waals surface area contributed by atoms with E-state index in [0.29, 0.717) is 12.8 Å². The Morgan fingerprint density at radius 1 is 0.600 bits per heavy atom. The standard InChI is InChI=1S/C34H62O6/c1-3-5-7-9-11-13-15-17-19-21-23-25-32(36)39-30-27-28-38-31(29-35)34(30)40-33(37)26-24-22-20-18-16-14-12-10-8-6-4-2/h27-28,30-31,34-35H,3-26,29H2,1-2H3/t30-,31-,34+/m1/s1. The van der Waals surface area contributed by atoms with Crippen molar-refractivity contribution in [1.82, 2.24) is 0 Å². The lowest BCUT2D eigenvalue weighted by atomic mass is 10.0. The second kappa shape index (κ2) is 26.3. The number of aliphatic hydroxyl groups excluding tert-OH is 1. The Kier molecular flexibility index (Phi) is 24.0. The third-order valence-electron chi connectivity index (χ3n) is 7.90. The molecule has 0 saturated heterocycles. The highest BCUT2D eigenvalue weighted by Gasteiger charge is 2.37. The molecule has 0 fully saturated rings. The largest absolute Gasteiger partial charge is 0.492 e. The quantitative estimate of drug-likeness (QED) is 0.0788. The van der Waals surface area contributed by atoms with Crippen LogP contribution < -0.4 is 0 Å². The van der Waals surface area contributed by atoms with E-state index < -0.39 is 18.3 Å². The van der Waals surface area contributed by atoms with Crippen LogP contribution >= 0.6 is 0 Å². The molecule has 3 atom stereocenters. The minimum atomic E-state index is -0.823. The van der Waals surface area contributed by atoms with Gasteiger partial charge in [-0.1, -0.05) is 142 Å². The van der Waals surface area contributed by atoms with Gasteiger partial charge in [-0.05, 0) is 18.9 Å². The summed E-state index contributed by atoms with van der Waals surface area (Å²) in [4.78, 5) is 25.0. The Labute approximate surface area is 246 Å². The fourth-order valence-electron chi connectivity index (χ4n) is 5.31. The van der Waals surface area contributed by atoms with Crippen molar-refractivity contribution in [2.45, 2.75) is 186 Å². The molecule has 234 valence electrons. The zero-order chi connectivity index (χ0) is 29.1. The molecule has 1 N–H and O–H groups in total. The van der Waals surface area contributed by atoms with Gasteiger partial charge in [0.1, 0.15) is 0 Å². The number of carbonyl (C=O) groups excluding carboxylic acids is 2. The number of esters is 2. The van der Waals surface area contributed by atoms with Gasteiger partial charge in [0.05, 0.1) is 12.9 Å². The zero-order valence-corrected chi connectivity index (χ0v) is 26.1. The molecule has 40 heavy (non-hydrogen) atoms. The van der Waals surface area contributed by atoms with E-state index in [1.807, 2.05) is 0 Å². The van der Waals surface area contributed by atoms with Crippen molar-refractivity contribution < 1.29 is 28.9 Å². The molecule has 0 unspecified atom stereocenters. The summed E-state index contributed by atoms with van der Waals surface area (Å²) in [5, 5.41) is 9.73. The minimum Gasteiger partial charge on any atom is -0.492 e. The van der Waals surface area contributed by atoms with Crippen molar-refractivity contribution in [3.05, 3.63) is 12.3 Å². The Bertz CT molecular complexity index is 634. The number of ether oxygens (including phenoxy) is 3. The summed E-state index contributed by atoms with van der Waals surface area (Å²) < 4.78 is 16.7. The Morgan fingerprint density at radius 3 is 1.38 bits per heavy atom. The van der Waals surface area contributed by atoms with Gasteiger partial charge in [0.2, 0.25) is 0 Å². The second-order valence-corrected chi connectivity index (χ2v) is 11.7. The molecule has 6 nitrogen and oxygen atoms in total. The first-order valence-corrected chi connectivity index (χ1v) is 16.9. The lowest BCUT2D eigenvalue weighted by Crippen LogP contribution is -2.47. The summed E-state index contributed by atoms with van der Waals surface area (Å²) in [5.74, 6) is -0.625. The zero-order valence-electron chi connectivity index (χ0n) is 26.1. The lowest BCUT2D eigenvalue weighted by molar-refractivity contribution is -0.178. The highest BCUT2D eigenvalue weighted by atomic mass is 16.6. The maximum Gasteiger partial charge on any atom is 0.306 e. The van der Waals surface area contributed by atoms with Gasteiger partial charge in [-0.15, -0.1) is 0 Å². The van der Waals surface area contributed by atoms with Crippen LogP contribution in [-0.2, 0) is 23.8 Å². The maximum absolute atomic E-state index is 12.5. The fourth-order valence-corrected chi connectivity index (χ4v) is 5.31. The van der Waals surface area contributed by atoms with Crippen LogP contribution in [0.2, 0.25) is 0 Å². The molecule has 1 aliphatic heterocycles. The maximum atomic E-state index is 12.5. The van der Waals surface area contributed by atoms with Crippen LogP contribution in [0.3, 0.4) is 0 Å². The smallest absolute Gasteiger partial charge is 0.306 e. The first-order chi connectivity index (χ1) is 19.6. The molecule has 1 rings (SSSR count). The van der Waals surface area contributed by atoms with Crippen molar-refractivity contribution in [3.63, 3.8) is 0 Å². The summed E-state index contributed by atoms with van der Waals surface area (Å²) in [6.07, 6.45) is 28.3. The van der Waals surface area contributed by atoms with Crippen molar-refractivity contribution >= 4 is 11.9 Å². The Hall–Kier alpha value is -1.56. The minimum absolute atomic E-state index is 0.296. The SMILES string of the molecule is CCCCCCCCCCCCCC(=O)O[C@H]1[C@H](OC(=O)CCCCCCCCCCCCC)C=CO[C@@H]1CO. The van der Waals surface area contributed by atoms with Gasteiger partial charge < -0.3 is 19.3 Å². The van der Waals surface area contributed by atoms with Gasteiger partial charge in [-0.3, -0.25) is 9.59 Å². The van der Waals surface area contributed by atoms with Gasteiger partial charge in [0.25, 0.3) is 0 Å². The van der Waals surface area contributed by atoms with E-state index in [1.54, 1.807) is 6.08 Å². The highest BCUT2D eigenvalue weighted by Crippen LogP contribution is 2.21. The lowest BCUT2D eigenvalue weighted by Gasteiger charge is -2.33. The summed E-state index contributed by atoms with van der Waals surface area (Å²) in [7, 11) is 0. The number of hydrogen-bond donors (Lipinski definition) is 1. The van der Waals surface area contributed by atoms with E-state index in [0.717, 1.165) is 38.5 Å². The predicted molar refractivity (Wildman–Crippen MR) is 163 cm³/mol. The van der Waals surface area contributed by atoms with E-state index in [2.05, 4.69) is 13.8 Å². The molecule has 1 aliphatic rings. The van der Waals surface area contributed by atoms with Crippen LogP contribution in [-0.4, -0.2) is 42.0 Å². The third kappa shape index (κ3) is 19.5. The molecule has 0 aliphatic carbocycles. The van der Waals surface area contributed by atoms with E-state index in [1.165, 1.54) is 109 Å². The third-order valence-corrected chi connectivity index (χ3v) is 7.90. The molecule has 0 saturated carbocycles. The Morgan fingerprint density at radius 2 is 0.975 bits per heavy atom. The molecule has 1 heterocycles. The predicted octanol–water partition coefficient (Wildman–Crippen LogP) is 9.12. The Balaban J connectivity index is 2.19. The first-order valence-electron chi connectivity index (χ1n) is 16.9. The average molecular weight is 567 g/mol. The summed E-state index contributed by atoms with van der Waals surface area (Å²) in [5.41, 5.74) is 0. The molecule has 0 aromatic heterocycles. The van der Waals surface area contributed by atoms with Gasteiger partial charge in [0, 0.05) is 12.8 Å². The van der Waals surface area contributed by atoms with E-state index in [-0.39, 0.29) is 18.5 Å². The molecule has 0 aromatic carbocycles. The molecule has 0 radical (unpaired) electrons. The van der Waals surface area contributed by atoms with E-state index >= 15 is 0 Å². The number of unbranched alkanes of at least 4 members (excludes halogenated alkanes) is 20. The van der Waals surface area contributed by atoms with E-state index in [9.17, 15) is 14.7 Å². The van der Waals surface area contributed by atoms with Crippen LogP contribution in [0.1, 0.15) is 168 Å². The fraction of sp³-hybridized carbons (Fsp3) is 0.882. The number of hydrogen-bond acceptors (Lipinski definition) is 6. The number of rotatable bonds is 27. The van der Waals surface area contributed by atoms with E-state index in [4.69, 9.17) is 14.2 Å². The van der Waals surface area contributed by atoms with Crippen molar-refractivity contribution in [1.29, 1.82) is 0 Å². The summed E-state index contributed by atoms with van der Waals surface area (Å²) >= 11 is 0. The van der Waals surface area contributed by atoms with Crippen LogP contribution in [0.4, 0.5) is 0 Å². The second-order valence-electron chi connectivity index (χ2n) is 11.7. The molecule has 0 aromatic rings. The van der Waals surface area contributed by atoms with Crippen molar-refractivity contribution in [2.24, 2.45) is 0 Å². The molecule has 0 amide bonds. The number of aliphatic hydroxyl groups is 1. The monoisotopic (exact) mass is 566 g/mol. The van der Waals surface area contributed by atoms with Crippen molar-refractivity contribution in [3.8, 4) is 0 Å². The van der Waals surface area contributed by atoms with Crippen LogP contribution in [0.15, 0.2) is 12.3 Å². The highest BCUT2D eigenvalue weighted by molar-refractivity contribution is 5.71.